The maximum atomic E-state index is 11.5. The third-order valence-corrected chi connectivity index (χ3v) is 4.03. The van der Waals surface area contributed by atoms with Gasteiger partial charge in [0.05, 0.1) is 6.54 Å². The van der Waals surface area contributed by atoms with Gasteiger partial charge >= 0.3 is 6.03 Å². The highest BCUT2D eigenvalue weighted by atomic mass is 32.1. The third kappa shape index (κ3) is 3.08. The first kappa shape index (κ1) is 13.0. The third-order valence-electron chi connectivity index (χ3n) is 3.33. The lowest BCUT2D eigenvalue weighted by molar-refractivity contribution is -0.121. The van der Waals surface area contributed by atoms with Gasteiger partial charge in [0.15, 0.2) is 0 Å². The number of nitrogens with two attached hydrogens (primary N) is 1. The highest BCUT2D eigenvalue weighted by Crippen LogP contribution is 2.32. The van der Waals surface area contributed by atoms with E-state index < -0.39 is 6.03 Å². The van der Waals surface area contributed by atoms with Crippen LogP contribution in [0.1, 0.15) is 24.8 Å². The second-order valence-electron chi connectivity index (χ2n) is 4.68. The summed E-state index contributed by atoms with van der Waals surface area (Å²) >= 11 is 1.69. The summed E-state index contributed by atoms with van der Waals surface area (Å²) in [5.74, 6) is 0.146. The monoisotopic (exact) mass is 267 g/mol. The molecule has 5 nitrogen and oxygen atoms in total. The number of carbonyl (C=O) groups is 2. The van der Waals surface area contributed by atoms with Gasteiger partial charge in [-0.3, -0.25) is 15.0 Å². The average Bonchev–Trinajstić information content (AvgIpc) is 2.87. The van der Waals surface area contributed by atoms with Gasteiger partial charge in [-0.1, -0.05) is 0 Å². The lowest BCUT2D eigenvalue weighted by Gasteiger charge is -2.19. The molecule has 1 aromatic heterocycles. The van der Waals surface area contributed by atoms with Gasteiger partial charge in [0.25, 0.3) is 0 Å². The summed E-state index contributed by atoms with van der Waals surface area (Å²) in [4.78, 5) is 24.2. The van der Waals surface area contributed by atoms with Crippen LogP contribution < -0.4 is 11.1 Å². The number of primary amides is 1. The second kappa shape index (κ2) is 5.49. The molecule has 0 bridgehead atoms. The Bertz CT molecular complexity index is 433. The van der Waals surface area contributed by atoms with E-state index in [-0.39, 0.29) is 12.5 Å². The van der Waals surface area contributed by atoms with E-state index in [4.69, 9.17) is 5.73 Å². The standard InChI is InChI=1S/C12H17N3O2S/c1-8-4-10(9-2-3-18-7-9)5-15(8)6-11(16)14-12(13)17/h2-3,7-8,10H,4-6H2,1H3,(H3,13,14,16,17)/t8-,10-/m1/s1. The number of nitrogens with one attached hydrogen (secondary N) is 1. The minimum atomic E-state index is -0.791. The van der Waals surface area contributed by atoms with Crippen molar-refractivity contribution in [2.45, 2.75) is 25.3 Å². The number of thiophene rings is 1. The molecule has 0 radical (unpaired) electrons. The minimum absolute atomic E-state index is 0.227. The number of imide groups is 1. The number of nitrogens with zero attached hydrogens (tertiary/aromatic N) is 1. The van der Waals surface area contributed by atoms with Crippen molar-refractivity contribution in [2.75, 3.05) is 13.1 Å². The predicted molar refractivity (Wildman–Crippen MR) is 70.4 cm³/mol. The Morgan fingerprint density at radius 3 is 3.00 bits per heavy atom. The van der Waals surface area contributed by atoms with E-state index in [0.717, 1.165) is 13.0 Å². The lowest BCUT2D eigenvalue weighted by atomic mass is 10.00. The number of likely N-dealkylation sites (tertiary alicyclic amines) is 1. The van der Waals surface area contributed by atoms with Gasteiger partial charge in [-0.2, -0.15) is 11.3 Å². The molecule has 2 heterocycles. The maximum absolute atomic E-state index is 11.5. The number of carbonyl (C=O) groups excluding carboxylic acids is 2. The lowest BCUT2D eigenvalue weighted by Crippen LogP contribution is -2.43. The van der Waals surface area contributed by atoms with Gasteiger partial charge in [0, 0.05) is 12.6 Å². The van der Waals surface area contributed by atoms with Gasteiger partial charge < -0.3 is 5.73 Å². The van der Waals surface area contributed by atoms with Crippen molar-refractivity contribution in [3.63, 3.8) is 0 Å². The summed E-state index contributed by atoms with van der Waals surface area (Å²) in [5.41, 5.74) is 6.26. The van der Waals surface area contributed by atoms with E-state index >= 15 is 0 Å². The SMILES string of the molecule is C[C@@H]1C[C@@H](c2ccsc2)CN1CC(=O)NC(N)=O. The summed E-state index contributed by atoms with van der Waals surface area (Å²) in [6.45, 7) is 3.18. The summed E-state index contributed by atoms with van der Waals surface area (Å²) < 4.78 is 0. The zero-order chi connectivity index (χ0) is 13.1. The number of rotatable bonds is 3. The number of urea groups is 1. The molecule has 2 rings (SSSR count). The highest BCUT2D eigenvalue weighted by Gasteiger charge is 2.31. The van der Waals surface area contributed by atoms with Crippen LogP contribution in [-0.2, 0) is 4.79 Å². The minimum Gasteiger partial charge on any atom is -0.351 e. The van der Waals surface area contributed by atoms with Crippen LogP contribution in [0.4, 0.5) is 4.79 Å². The molecule has 2 atom stereocenters. The smallest absolute Gasteiger partial charge is 0.318 e. The van der Waals surface area contributed by atoms with Crippen molar-refractivity contribution in [3.05, 3.63) is 22.4 Å². The molecule has 0 aliphatic carbocycles. The highest BCUT2D eigenvalue weighted by molar-refractivity contribution is 7.07. The van der Waals surface area contributed by atoms with Crippen molar-refractivity contribution in [1.82, 2.24) is 10.2 Å². The van der Waals surface area contributed by atoms with E-state index in [1.54, 1.807) is 11.3 Å². The Morgan fingerprint density at radius 2 is 2.39 bits per heavy atom. The Labute approximate surface area is 110 Å². The van der Waals surface area contributed by atoms with Gasteiger partial charge in [-0.25, -0.2) is 4.79 Å². The average molecular weight is 267 g/mol. The van der Waals surface area contributed by atoms with Crippen LogP contribution in [0.15, 0.2) is 16.8 Å². The predicted octanol–water partition coefficient (Wildman–Crippen LogP) is 1.12. The van der Waals surface area contributed by atoms with Crippen molar-refractivity contribution in [3.8, 4) is 0 Å². The maximum Gasteiger partial charge on any atom is 0.318 e. The number of amides is 3. The van der Waals surface area contributed by atoms with Crippen molar-refractivity contribution >= 4 is 23.3 Å². The Balaban J connectivity index is 1.91. The molecule has 3 N–H and O–H groups in total. The molecule has 18 heavy (non-hydrogen) atoms. The zero-order valence-electron chi connectivity index (χ0n) is 10.3. The summed E-state index contributed by atoms with van der Waals surface area (Å²) in [7, 11) is 0. The Hall–Kier alpha value is -1.40. The molecule has 98 valence electrons. The molecule has 6 heteroatoms. The van der Waals surface area contributed by atoms with Crippen LogP contribution in [0.2, 0.25) is 0 Å². The van der Waals surface area contributed by atoms with Gasteiger partial charge in [-0.15, -0.1) is 0 Å². The van der Waals surface area contributed by atoms with Crippen LogP contribution in [-0.4, -0.2) is 36.0 Å². The quantitative estimate of drug-likeness (QED) is 0.861. The van der Waals surface area contributed by atoms with Crippen LogP contribution in [0.3, 0.4) is 0 Å². The Morgan fingerprint density at radius 1 is 1.61 bits per heavy atom. The fourth-order valence-corrected chi connectivity index (χ4v) is 3.17. The molecule has 3 amide bonds. The first-order valence-corrected chi connectivity index (χ1v) is 6.86. The van der Waals surface area contributed by atoms with Crippen molar-refractivity contribution in [1.29, 1.82) is 0 Å². The molecule has 0 saturated carbocycles. The molecule has 1 saturated heterocycles. The van der Waals surface area contributed by atoms with Crippen LogP contribution in [0.5, 0.6) is 0 Å². The van der Waals surface area contributed by atoms with Gasteiger partial charge in [0.2, 0.25) is 5.91 Å². The first-order chi connectivity index (χ1) is 8.56. The number of hydrogen-bond acceptors (Lipinski definition) is 4. The number of hydrogen-bond donors (Lipinski definition) is 2. The molecule has 1 aliphatic heterocycles. The molecular formula is C12H17N3O2S. The van der Waals surface area contributed by atoms with Gasteiger partial charge in [0.1, 0.15) is 0 Å². The molecule has 0 spiro atoms. The molecule has 1 fully saturated rings. The first-order valence-electron chi connectivity index (χ1n) is 5.91. The summed E-state index contributed by atoms with van der Waals surface area (Å²) in [6, 6.07) is 1.68. The van der Waals surface area contributed by atoms with E-state index in [2.05, 4.69) is 34.0 Å². The van der Waals surface area contributed by atoms with Crippen molar-refractivity contribution < 1.29 is 9.59 Å². The van der Waals surface area contributed by atoms with Crippen LogP contribution >= 0.6 is 11.3 Å². The largest absolute Gasteiger partial charge is 0.351 e. The van der Waals surface area contributed by atoms with Crippen molar-refractivity contribution in [2.24, 2.45) is 5.73 Å². The van der Waals surface area contributed by atoms with E-state index in [9.17, 15) is 9.59 Å². The fraction of sp³-hybridized carbons (Fsp3) is 0.500. The van der Waals surface area contributed by atoms with E-state index in [1.807, 2.05) is 0 Å². The molecule has 0 aromatic carbocycles. The van der Waals surface area contributed by atoms with Crippen LogP contribution in [0, 0.1) is 0 Å². The molecule has 1 aliphatic rings. The summed E-state index contributed by atoms with van der Waals surface area (Å²) in [6.07, 6.45) is 1.04. The molecule has 0 unspecified atom stereocenters. The fourth-order valence-electron chi connectivity index (χ4n) is 2.43. The van der Waals surface area contributed by atoms with Gasteiger partial charge in [-0.05, 0) is 41.7 Å². The van der Waals surface area contributed by atoms with E-state index in [0.29, 0.717) is 12.0 Å². The van der Waals surface area contributed by atoms with E-state index in [1.165, 1.54) is 5.56 Å². The normalized spacial score (nSPS) is 24.1. The van der Waals surface area contributed by atoms with Crippen LogP contribution in [0.25, 0.3) is 0 Å². The second-order valence-corrected chi connectivity index (χ2v) is 5.46. The topological polar surface area (TPSA) is 75.4 Å². The molecule has 1 aromatic rings. The zero-order valence-corrected chi connectivity index (χ0v) is 11.1. The summed E-state index contributed by atoms with van der Waals surface area (Å²) in [5, 5.41) is 6.33. The Kier molecular flexibility index (Phi) is 3.98. The molecular weight excluding hydrogens is 250 g/mol.